The largest absolute Gasteiger partial charge is 0.483 e. The molecule has 0 aromatic heterocycles. The Morgan fingerprint density at radius 2 is 1.53 bits per heavy atom. The Morgan fingerprint density at radius 1 is 0.906 bits per heavy atom. The molecule has 0 bridgehead atoms. The van der Waals surface area contributed by atoms with Crippen LogP contribution in [0.4, 0.5) is 0 Å². The highest BCUT2D eigenvalue weighted by atomic mass is 16.5. The van der Waals surface area contributed by atoms with Crippen molar-refractivity contribution >= 4 is 11.8 Å². The molecule has 0 saturated carbocycles. The number of ether oxygens (including phenoxy) is 2. The normalized spacial score (nSPS) is 14.9. The van der Waals surface area contributed by atoms with Crippen LogP contribution in [-0.4, -0.2) is 60.5 Å². The molecule has 0 radical (unpaired) electrons. The summed E-state index contributed by atoms with van der Waals surface area (Å²) in [5, 5.41) is 0. The lowest BCUT2D eigenvalue weighted by Gasteiger charge is -2.35. The predicted octanol–water partition coefficient (Wildman–Crippen LogP) is 3.94. The minimum atomic E-state index is -0.574. The summed E-state index contributed by atoms with van der Waals surface area (Å²) in [6.07, 6.45) is -0.574. The molecule has 1 fully saturated rings. The van der Waals surface area contributed by atoms with E-state index in [1.807, 2.05) is 56.3 Å². The molecular weight excluding hydrogens is 404 g/mol. The van der Waals surface area contributed by atoms with Gasteiger partial charge in [-0.3, -0.25) is 9.59 Å². The molecule has 3 rings (SSSR count). The van der Waals surface area contributed by atoms with Gasteiger partial charge in [-0.2, -0.15) is 0 Å². The van der Waals surface area contributed by atoms with Gasteiger partial charge < -0.3 is 19.3 Å². The molecule has 172 valence electrons. The molecule has 1 aliphatic rings. The SMILES string of the molecule is Cc1cccc(OCC(=O)N2CCN(C(=O)C(C)Oc3ccc(C(C)C)cc3)CC2)c1C. The maximum absolute atomic E-state index is 12.8. The summed E-state index contributed by atoms with van der Waals surface area (Å²) in [6, 6.07) is 13.7. The summed E-state index contributed by atoms with van der Waals surface area (Å²) in [6.45, 7) is 12.0. The van der Waals surface area contributed by atoms with E-state index < -0.39 is 6.10 Å². The molecule has 0 N–H and O–H groups in total. The van der Waals surface area contributed by atoms with E-state index in [9.17, 15) is 9.59 Å². The Bertz CT molecular complexity index is 931. The molecule has 1 unspecified atom stereocenters. The quantitative estimate of drug-likeness (QED) is 0.657. The van der Waals surface area contributed by atoms with Gasteiger partial charge in [0.1, 0.15) is 11.5 Å². The summed E-state index contributed by atoms with van der Waals surface area (Å²) in [4.78, 5) is 28.9. The summed E-state index contributed by atoms with van der Waals surface area (Å²) in [7, 11) is 0. The molecule has 6 heteroatoms. The number of nitrogens with zero attached hydrogens (tertiary/aromatic N) is 2. The van der Waals surface area contributed by atoms with Crippen LogP contribution in [0.2, 0.25) is 0 Å². The number of amides is 2. The third-order valence-corrected chi connectivity index (χ3v) is 6.06. The lowest BCUT2D eigenvalue weighted by molar-refractivity contribution is -0.144. The van der Waals surface area contributed by atoms with E-state index in [-0.39, 0.29) is 18.4 Å². The van der Waals surface area contributed by atoms with Gasteiger partial charge in [0.15, 0.2) is 12.7 Å². The van der Waals surface area contributed by atoms with Crippen molar-refractivity contribution in [2.75, 3.05) is 32.8 Å². The maximum Gasteiger partial charge on any atom is 0.263 e. The molecule has 1 heterocycles. The third kappa shape index (κ3) is 5.81. The summed E-state index contributed by atoms with van der Waals surface area (Å²) < 4.78 is 11.6. The Labute approximate surface area is 191 Å². The van der Waals surface area contributed by atoms with Gasteiger partial charge in [-0.25, -0.2) is 0 Å². The molecule has 6 nitrogen and oxygen atoms in total. The highest BCUT2D eigenvalue weighted by Crippen LogP contribution is 2.21. The molecular formula is C26H34N2O4. The van der Waals surface area contributed by atoms with E-state index in [4.69, 9.17) is 9.47 Å². The molecule has 0 aliphatic carbocycles. The zero-order chi connectivity index (χ0) is 23.3. The third-order valence-electron chi connectivity index (χ3n) is 6.06. The van der Waals surface area contributed by atoms with E-state index in [0.29, 0.717) is 37.8 Å². The fourth-order valence-corrected chi connectivity index (χ4v) is 3.73. The van der Waals surface area contributed by atoms with Crippen LogP contribution in [0.15, 0.2) is 42.5 Å². The van der Waals surface area contributed by atoms with Crippen LogP contribution >= 0.6 is 0 Å². The maximum atomic E-state index is 12.8. The van der Waals surface area contributed by atoms with Crippen LogP contribution < -0.4 is 9.47 Å². The Hall–Kier alpha value is -3.02. The van der Waals surface area contributed by atoms with Crippen molar-refractivity contribution in [2.45, 2.75) is 46.6 Å². The van der Waals surface area contributed by atoms with Crippen molar-refractivity contribution in [3.63, 3.8) is 0 Å². The number of benzene rings is 2. The Morgan fingerprint density at radius 3 is 2.16 bits per heavy atom. The number of piperazine rings is 1. The zero-order valence-electron chi connectivity index (χ0n) is 19.8. The van der Waals surface area contributed by atoms with E-state index >= 15 is 0 Å². The average Bonchev–Trinajstić information content (AvgIpc) is 2.79. The summed E-state index contributed by atoms with van der Waals surface area (Å²) >= 11 is 0. The number of hydrogen-bond acceptors (Lipinski definition) is 4. The minimum Gasteiger partial charge on any atom is -0.483 e. The van der Waals surface area contributed by atoms with Gasteiger partial charge in [0, 0.05) is 26.2 Å². The second-order valence-electron chi connectivity index (χ2n) is 8.68. The first kappa shape index (κ1) is 23.6. The molecule has 0 spiro atoms. The monoisotopic (exact) mass is 438 g/mol. The van der Waals surface area contributed by atoms with Crippen molar-refractivity contribution in [1.82, 2.24) is 9.80 Å². The summed E-state index contributed by atoms with van der Waals surface area (Å²) in [5.74, 6) is 1.75. The molecule has 32 heavy (non-hydrogen) atoms. The highest BCUT2D eigenvalue weighted by Gasteiger charge is 2.28. The van der Waals surface area contributed by atoms with E-state index in [1.165, 1.54) is 5.56 Å². The van der Waals surface area contributed by atoms with Crippen molar-refractivity contribution in [1.29, 1.82) is 0 Å². The second-order valence-corrected chi connectivity index (χ2v) is 8.68. The molecule has 1 aliphatic heterocycles. The first-order valence-electron chi connectivity index (χ1n) is 11.3. The minimum absolute atomic E-state index is 0.00409. The summed E-state index contributed by atoms with van der Waals surface area (Å²) in [5.41, 5.74) is 3.41. The lowest BCUT2D eigenvalue weighted by atomic mass is 10.0. The zero-order valence-corrected chi connectivity index (χ0v) is 19.8. The topological polar surface area (TPSA) is 59.1 Å². The van der Waals surface area contributed by atoms with Crippen molar-refractivity contribution < 1.29 is 19.1 Å². The fraction of sp³-hybridized carbons (Fsp3) is 0.462. The molecule has 1 saturated heterocycles. The van der Waals surface area contributed by atoms with Crippen LogP contribution in [0.5, 0.6) is 11.5 Å². The first-order chi connectivity index (χ1) is 15.3. The van der Waals surface area contributed by atoms with Gasteiger partial charge in [0.05, 0.1) is 0 Å². The number of carbonyl (C=O) groups excluding carboxylic acids is 2. The predicted molar refractivity (Wildman–Crippen MR) is 125 cm³/mol. The Balaban J connectivity index is 1.46. The number of hydrogen-bond donors (Lipinski definition) is 0. The lowest BCUT2D eigenvalue weighted by Crippen LogP contribution is -2.54. The van der Waals surface area contributed by atoms with E-state index in [2.05, 4.69) is 13.8 Å². The van der Waals surface area contributed by atoms with Crippen LogP contribution in [-0.2, 0) is 9.59 Å². The van der Waals surface area contributed by atoms with Crippen LogP contribution in [0.1, 0.15) is 43.4 Å². The first-order valence-corrected chi connectivity index (χ1v) is 11.3. The van der Waals surface area contributed by atoms with Crippen molar-refractivity contribution in [2.24, 2.45) is 0 Å². The highest BCUT2D eigenvalue weighted by molar-refractivity contribution is 5.82. The molecule has 2 aromatic rings. The number of aryl methyl sites for hydroxylation is 1. The van der Waals surface area contributed by atoms with Gasteiger partial charge in [-0.15, -0.1) is 0 Å². The standard InChI is InChI=1S/C26H34N2O4/c1-18(2)22-9-11-23(12-10-22)32-21(5)26(30)28-15-13-27(14-16-28)25(29)17-31-24-8-6-7-19(3)20(24)4/h6-12,18,21H,13-17H2,1-5H3. The number of rotatable bonds is 7. The number of carbonyl (C=O) groups is 2. The second kappa shape index (κ2) is 10.5. The van der Waals surface area contributed by atoms with Crippen LogP contribution in [0.3, 0.4) is 0 Å². The molecule has 2 aromatic carbocycles. The van der Waals surface area contributed by atoms with Crippen molar-refractivity contribution in [3.05, 3.63) is 59.2 Å². The molecule has 2 amide bonds. The van der Waals surface area contributed by atoms with E-state index in [1.54, 1.807) is 16.7 Å². The van der Waals surface area contributed by atoms with E-state index in [0.717, 1.165) is 16.9 Å². The van der Waals surface area contributed by atoms with Gasteiger partial charge >= 0.3 is 0 Å². The van der Waals surface area contributed by atoms with Crippen LogP contribution in [0.25, 0.3) is 0 Å². The average molecular weight is 439 g/mol. The Kier molecular flexibility index (Phi) is 7.78. The van der Waals surface area contributed by atoms with Crippen molar-refractivity contribution in [3.8, 4) is 11.5 Å². The smallest absolute Gasteiger partial charge is 0.263 e. The molecule has 1 atom stereocenters. The van der Waals surface area contributed by atoms with Gasteiger partial charge in [-0.1, -0.05) is 38.1 Å². The van der Waals surface area contributed by atoms with Gasteiger partial charge in [-0.05, 0) is 61.6 Å². The van der Waals surface area contributed by atoms with Gasteiger partial charge in [0.2, 0.25) is 0 Å². The van der Waals surface area contributed by atoms with Crippen LogP contribution in [0, 0.1) is 13.8 Å². The van der Waals surface area contributed by atoms with Gasteiger partial charge in [0.25, 0.3) is 11.8 Å². The fourth-order valence-electron chi connectivity index (χ4n) is 3.73.